The van der Waals surface area contributed by atoms with E-state index in [2.05, 4.69) is 29.0 Å². The second-order valence-electron chi connectivity index (χ2n) is 6.00. The van der Waals surface area contributed by atoms with Crippen molar-refractivity contribution in [1.29, 1.82) is 0 Å². The summed E-state index contributed by atoms with van der Waals surface area (Å²) >= 11 is 0. The Morgan fingerprint density at radius 1 is 1.12 bits per heavy atom. The molecular formula is C14H29N3. The molecule has 17 heavy (non-hydrogen) atoms. The Balaban J connectivity index is 1.69. The molecule has 1 unspecified atom stereocenters. The van der Waals surface area contributed by atoms with Gasteiger partial charge in [-0.3, -0.25) is 4.90 Å². The van der Waals surface area contributed by atoms with E-state index in [1.54, 1.807) is 0 Å². The maximum atomic E-state index is 3.58. The summed E-state index contributed by atoms with van der Waals surface area (Å²) in [6, 6.07) is 0.719. The third-order valence-electron chi connectivity index (χ3n) is 4.30. The molecule has 100 valence electrons. The zero-order valence-corrected chi connectivity index (χ0v) is 11.6. The molecule has 0 radical (unpaired) electrons. The quantitative estimate of drug-likeness (QED) is 0.803. The molecule has 2 aliphatic heterocycles. The fraction of sp³-hybridized carbons (Fsp3) is 1.00. The Hall–Kier alpha value is -0.120. The van der Waals surface area contributed by atoms with Crippen molar-refractivity contribution >= 4 is 0 Å². The Bertz CT molecular complexity index is 202. The van der Waals surface area contributed by atoms with Gasteiger partial charge in [0, 0.05) is 38.8 Å². The standard InChI is InChI=1S/C14H29N3/c1-13(2)17-9-7-16(8-10-17)12-14-5-3-4-6-15-11-14/h13-15H,3-12H2,1-2H3. The summed E-state index contributed by atoms with van der Waals surface area (Å²) < 4.78 is 0. The summed E-state index contributed by atoms with van der Waals surface area (Å²) in [4.78, 5) is 5.28. The minimum atomic E-state index is 0.719. The smallest absolute Gasteiger partial charge is 0.0113 e. The molecule has 2 aliphatic rings. The van der Waals surface area contributed by atoms with Crippen LogP contribution in [-0.2, 0) is 0 Å². The number of hydrogen-bond acceptors (Lipinski definition) is 3. The van der Waals surface area contributed by atoms with Crippen molar-refractivity contribution in [3.8, 4) is 0 Å². The van der Waals surface area contributed by atoms with Crippen molar-refractivity contribution in [3.63, 3.8) is 0 Å². The lowest BCUT2D eigenvalue weighted by Gasteiger charge is -2.38. The van der Waals surface area contributed by atoms with E-state index >= 15 is 0 Å². The highest BCUT2D eigenvalue weighted by Crippen LogP contribution is 2.14. The third kappa shape index (κ3) is 4.23. The van der Waals surface area contributed by atoms with Crippen LogP contribution in [-0.4, -0.2) is 61.7 Å². The third-order valence-corrected chi connectivity index (χ3v) is 4.30. The first-order chi connectivity index (χ1) is 8.25. The molecular weight excluding hydrogens is 210 g/mol. The zero-order chi connectivity index (χ0) is 12.1. The van der Waals surface area contributed by atoms with Gasteiger partial charge in [-0.25, -0.2) is 0 Å². The molecule has 1 atom stereocenters. The monoisotopic (exact) mass is 239 g/mol. The van der Waals surface area contributed by atoms with E-state index in [0.717, 1.165) is 12.0 Å². The first-order valence-corrected chi connectivity index (χ1v) is 7.43. The van der Waals surface area contributed by atoms with Gasteiger partial charge >= 0.3 is 0 Å². The predicted octanol–water partition coefficient (Wildman–Crippen LogP) is 1.40. The van der Waals surface area contributed by atoms with Crippen LogP contribution >= 0.6 is 0 Å². The maximum absolute atomic E-state index is 3.58. The van der Waals surface area contributed by atoms with Crippen LogP contribution in [0.4, 0.5) is 0 Å². The molecule has 0 aromatic carbocycles. The number of hydrogen-bond donors (Lipinski definition) is 1. The first kappa shape index (κ1) is 13.3. The highest BCUT2D eigenvalue weighted by Gasteiger charge is 2.21. The minimum absolute atomic E-state index is 0.719. The number of nitrogens with one attached hydrogen (secondary N) is 1. The molecule has 3 nitrogen and oxygen atoms in total. The second kappa shape index (κ2) is 6.72. The lowest BCUT2D eigenvalue weighted by atomic mass is 10.0. The molecule has 0 aromatic heterocycles. The van der Waals surface area contributed by atoms with Crippen LogP contribution in [0.1, 0.15) is 33.1 Å². The van der Waals surface area contributed by atoms with E-state index in [4.69, 9.17) is 0 Å². The van der Waals surface area contributed by atoms with E-state index in [1.165, 1.54) is 65.1 Å². The molecule has 0 saturated carbocycles. The van der Waals surface area contributed by atoms with E-state index in [0.29, 0.717) is 0 Å². The zero-order valence-electron chi connectivity index (χ0n) is 11.6. The number of rotatable bonds is 3. The largest absolute Gasteiger partial charge is 0.316 e. The van der Waals surface area contributed by atoms with E-state index in [9.17, 15) is 0 Å². The molecule has 0 aromatic rings. The molecule has 2 saturated heterocycles. The molecule has 0 amide bonds. The van der Waals surface area contributed by atoms with Crippen LogP contribution in [0.15, 0.2) is 0 Å². The summed E-state index contributed by atoms with van der Waals surface area (Å²) in [7, 11) is 0. The number of nitrogens with zero attached hydrogens (tertiary/aromatic N) is 2. The Morgan fingerprint density at radius 3 is 2.59 bits per heavy atom. The molecule has 1 N–H and O–H groups in total. The van der Waals surface area contributed by atoms with Crippen LogP contribution in [0, 0.1) is 5.92 Å². The highest BCUT2D eigenvalue weighted by molar-refractivity contribution is 4.78. The normalized spacial score (nSPS) is 29.5. The van der Waals surface area contributed by atoms with Crippen molar-refractivity contribution in [2.75, 3.05) is 45.8 Å². The van der Waals surface area contributed by atoms with Gasteiger partial charge in [0.05, 0.1) is 0 Å². The minimum Gasteiger partial charge on any atom is -0.316 e. The molecule has 2 heterocycles. The summed E-state index contributed by atoms with van der Waals surface area (Å²) in [5.41, 5.74) is 0. The second-order valence-corrected chi connectivity index (χ2v) is 6.00. The van der Waals surface area contributed by atoms with Gasteiger partial charge in [0.2, 0.25) is 0 Å². The average molecular weight is 239 g/mol. The van der Waals surface area contributed by atoms with Gasteiger partial charge in [0.25, 0.3) is 0 Å². The SMILES string of the molecule is CC(C)N1CCN(CC2CCCCNC2)CC1. The lowest BCUT2D eigenvalue weighted by Crippen LogP contribution is -2.50. The average Bonchev–Trinajstić information content (AvgIpc) is 2.58. The fourth-order valence-electron chi connectivity index (χ4n) is 3.07. The summed E-state index contributed by atoms with van der Waals surface area (Å²) in [5, 5.41) is 3.58. The lowest BCUT2D eigenvalue weighted by molar-refractivity contribution is 0.0959. The van der Waals surface area contributed by atoms with Gasteiger partial charge in [-0.05, 0) is 45.7 Å². The first-order valence-electron chi connectivity index (χ1n) is 7.43. The topological polar surface area (TPSA) is 18.5 Å². The van der Waals surface area contributed by atoms with Crippen molar-refractivity contribution in [2.24, 2.45) is 5.92 Å². The van der Waals surface area contributed by atoms with Gasteiger partial charge in [0.1, 0.15) is 0 Å². The van der Waals surface area contributed by atoms with E-state index in [1.807, 2.05) is 0 Å². The van der Waals surface area contributed by atoms with Crippen molar-refractivity contribution in [2.45, 2.75) is 39.2 Å². The maximum Gasteiger partial charge on any atom is 0.0113 e. The van der Waals surface area contributed by atoms with Crippen molar-refractivity contribution < 1.29 is 0 Å². The summed E-state index contributed by atoms with van der Waals surface area (Å²) in [6.45, 7) is 13.5. The van der Waals surface area contributed by atoms with Gasteiger partial charge in [-0.2, -0.15) is 0 Å². The molecule has 2 fully saturated rings. The van der Waals surface area contributed by atoms with Crippen LogP contribution in [0.3, 0.4) is 0 Å². The van der Waals surface area contributed by atoms with Gasteiger partial charge < -0.3 is 10.2 Å². The van der Waals surface area contributed by atoms with Gasteiger partial charge in [-0.15, -0.1) is 0 Å². The molecule has 0 aliphatic carbocycles. The van der Waals surface area contributed by atoms with E-state index < -0.39 is 0 Å². The molecule has 2 rings (SSSR count). The molecule has 0 bridgehead atoms. The fourth-order valence-corrected chi connectivity index (χ4v) is 3.07. The van der Waals surface area contributed by atoms with Crippen molar-refractivity contribution in [1.82, 2.24) is 15.1 Å². The Labute approximate surface area is 107 Å². The summed E-state index contributed by atoms with van der Waals surface area (Å²) in [6.07, 6.45) is 4.22. The van der Waals surface area contributed by atoms with Gasteiger partial charge in [-0.1, -0.05) is 6.42 Å². The highest BCUT2D eigenvalue weighted by atomic mass is 15.3. The molecule has 3 heteroatoms. The predicted molar refractivity (Wildman–Crippen MR) is 73.4 cm³/mol. The van der Waals surface area contributed by atoms with Crippen LogP contribution < -0.4 is 5.32 Å². The van der Waals surface area contributed by atoms with Crippen LogP contribution in [0.25, 0.3) is 0 Å². The Morgan fingerprint density at radius 2 is 1.88 bits per heavy atom. The number of piperazine rings is 1. The molecule has 0 spiro atoms. The van der Waals surface area contributed by atoms with Gasteiger partial charge in [0.15, 0.2) is 0 Å². The van der Waals surface area contributed by atoms with Crippen LogP contribution in [0.2, 0.25) is 0 Å². The van der Waals surface area contributed by atoms with Crippen molar-refractivity contribution in [3.05, 3.63) is 0 Å². The van der Waals surface area contributed by atoms with Crippen LogP contribution in [0.5, 0.6) is 0 Å². The summed E-state index contributed by atoms with van der Waals surface area (Å²) in [5.74, 6) is 0.892. The Kier molecular flexibility index (Phi) is 5.26. The van der Waals surface area contributed by atoms with E-state index in [-0.39, 0.29) is 0 Å².